The van der Waals surface area contributed by atoms with Gasteiger partial charge in [0.1, 0.15) is 11.8 Å². The number of piperidine rings is 1. The number of primary amides is 1. The van der Waals surface area contributed by atoms with Crippen molar-refractivity contribution < 1.29 is 28.9 Å². The topological polar surface area (TPSA) is 114 Å². The molecule has 1 heterocycles. The van der Waals surface area contributed by atoms with Crippen molar-refractivity contribution >= 4 is 23.0 Å². The maximum Gasteiger partial charge on any atom is 0.404 e. The lowest BCUT2D eigenvalue weighted by atomic mass is 9.87. The SMILES string of the molecule is NC(=O)OCCCOc1ccc(C2CCN(C(=O)[O-])CC2OCc2ccc3ccccc3c2)cc1. The normalized spacial score (nSPS) is 17.8. The van der Waals surface area contributed by atoms with Crippen molar-refractivity contribution in [1.29, 1.82) is 0 Å². The van der Waals surface area contributed by atoms with E-state index in [2.05, 4.69) is 29.0 Å². The highest BCUT2D eigenvalue weighted by Gasteiger charge is 2.31. The van der Waals surface area contributed by atoms with Gasteiger partial charge in [0.2, 0.25) is 0 Å². The third kappa shape index (κ3) is 6.64. The van der Waals surface area contributed by atoms with Crippen LogP contribution in [0.3, 0.4) is 0 Å². The molecule has 8 heteroatoms. The van der Waals surface area contributed by atoms with E-state index < -0.39 is 12.2 Å². The molecule has 0 saturated carbocycles. The van der Waals surface area contributed by atoms with Crippen LogP contribution >= 0.6 is 0 Å². The molecule has 0 radical (unpaired) electrons. The summed E-state index contributed by atoms with van der Waals surface area (Å²) in [6.45, 7) is 1.66. The molecule has 35 heavy (non-hydrogen) atoms. The second-order valence-corrected chi connectivity index (χ2v) is 8.58. The zero-order valence-electron chi connectivity index (χ0n) is 19.4. The highest BCUT2D eigenvalue weighted by molar-refractivity contribution is 5.82. The monoisotopic (exact) mass is 477 g/mol. The number of likely N-dealkylation sites (tertiary alicyclic amines) is 1. The Bertz CT molecular complexity index is 1150. The van der Waals surface area contributed by atoms with Crippen molar-refractivity contribution in [2.75, 3.05) is 26.3 Å². The average molecular weight is 478 g/mol. The Kier molecular flexibility index (Phi) is 8.05. The fourth-order valence-electron chi connectivity index (χ4n) is 4.40. The van der Waals surface area contributed by atoms with Gasteiger partial charge in [0.25, 0.3) is 0 Å². The zero-order chi connectivity index (χ0) is 24.6. The van der Waals surface area contributed by atoms with E-state index in [4.69, 9.17) is 15.2 Å². The molecule has 2 unspecified atom stereocenters. The summed E-state index contributed by atoms with van der Waals surface area (Å²) in [6.07, 6.45) is -1.09. The molecule has 1 aliphatic rings. The van der Waals surface area contributed by atoms with Gasteiger partial charge in [-0.05, 0) is 46.5 Å². The summed E-state index contributed by atoms with van der Waals surface area (Å²) < 4.78 is 16.7. The molecule has 3 aromatic rings. The summed E-state index contributed by atoms with van der Waals surface area (Å²) >= 11 is 0. The molecule has 0 aliphatic carbocycles. The van der Waals surface area contributed by atoms with Gasteiger partial charge in [-0.3, -0.25) is 0 Å². The second-order valence-electron chi connectivity index (χ2n) is 8.58. The Labute approximate surface area is 204 Å². The van der Waals surface area contributed by atoms with Crippen molar-refractivity contribution in [3.63, 3.8) is 0 Å². The molecular weight excluding hydrogens is 448 g/mol. The number of carboxylic acid groups (broad SMARTS) is 1. The van der Waals surface area contributed by atoms with Gasteiger partial charge in [0, 0.05) is 25.4 Å². The Hall–Kier alpha value is -3.78. The summed E-state index contributed by atoms with van der Waals surface area (Å²) in [5.41, 5.74) is 7.04. The fourth-order valence-corrected chi connectivity index (χ4v) is 4.40. The number of hydrogen-bond donors (Lipinski definition) is 1. The summed E-state index contributed by atoms with van der Waals surface area (Å²) in [7, 11) is 0. The van der Waals surface area contributed by atoms with Gasteiger partial charge in [-0.1, -0.05) is 48.5 Å². The predicted octanol–water partition coefficient (Wildman–Crippen LogP) is 3.42. The van der Waals surface area contributed by atoms with E-state index in [1.807, 2.05) is 42.5 Å². The molecule has 8 nitrogen and oxygen atoms in total. The van der Waals surface area contributed by atoms with E-state index >= 15 is 0 Å². The van der Waals surface area contributed by atoms with Crippen LogP contribution in [0.4, 0.5) is 9.59 Å². The molecule has 1 fully saturated rings. The van der Waals surface area contributed by atoms with Gasteiger partial charge in [-0.2, -0.15) is 0 Å². The van der Waals surface area contributed by atoms with E-state index in [-0.39, 0.29) is 25.2 Å². The zero-order valence-corrected chi connectivity index (χ0v) is 19.4. The quantitative estimate of drug-likeness (QED) is 0.473. The number of carbonyl (C=O) groups is 2. The van der Waals surface area contributed by atoms with Crippen molar-refractivity contribution in [2.45, 2.75) is 31.5 Å². The first-order valence-electron chi connectivity index (χ1n) is 11.7. The number of hydrogen-bond acceptors (Lipinski definition) is 6. The lowest BCUT2D eigenvalue weighted by molar-refractivity contribution is -0.268. The van der Waals surface area contributed by atoms with Crippen LogP contribution in [0.15, 0.2) is 66.7 Å². The van der Waals surface area contributed by atoms with Crippen molar-refractivity contribution in [3.05, 3.63) is 77.9 Å². The van der Waals surface area contributed by atoms with E-state index in [1.165, 1.54) is 4.90 Å². The van der Waals surface area contributed by atoms with E-state index in [0.717, 1.165) is 21.9 Å². The summed E-state index contributed by atoms with van der Waals surface area (Å²) in [4.78, 5) is 23.4. The van der Waals surface area contributed by atoms with Crippen LogP contribution in [0, 0.1) is 0 Å². The summed E-state index contributed by atoms with van der Waals surface area (Å²) in [5.74, 6) is 0.748. The van der Waals surface area contributed by atoms with Gasteiger partial charge in [-0.25, -0.2) is 4.79 Å². The smallest absolute Gasteiger partial charge is 0.404 e. The van der Waals surface area contributed by atoms with E-state index in [1.54, 1.807) is 0 Å². The molecular formula is C27H29N2O6-. The van der Waals surface area contributed by atoms with Gasteiger partial charge in [0.05, 0.1) is 25.9 Å². The number of carbonyl (C=O) groups excluding carboxylic acids is 2. The molecule has 1 saturated heterocycles. The first kappa shape index (κ1) is 24.3. The lowest BCUT2D eigenvalue weighted by Crippen LogP contribution is -2.51. The molecule has 184 valence electrons. The molecule has 0 aromatic heterocycles. The number of rotatable bonds is 9. The molecule has 2 amide bonds. The average Bonchev–Trinajstić information content (AvgIpc) is 2.87. The van der Waals surface area contributed by atoms with Crippen LogP contribution < -0.4 is 15.6 Å². The highest BCUT2D eigenvalue weighted by atomic mass is 16.5. The lowest BCUT2D eigenvalue weighted by Gasteiger charge is -2.40. The second kappa shape index (κ2) is 11.6. The largest absolute Gasteiger partial charge is 0.530 e. The Morgan fingerprint density at radius 2 is 1.77 bits per heavy atom. The van der Waals surface area contributed by atoms with Crippen molar-refractivity contribution in [3.8, 4) is 5.75 Å². The Morgan fingerprint density at radius 1 is 1.00 bits per heavy atom. The molecule has 2 atom stereocenters. The number of nitrogens with zero attached hydrogens (tertiary/aromatic N) is 1. The van der Waals surface area contributed by atoms with Crippen LogP contribution in [0.1, 0.15) is 29.9 Å². The molecule has 4 rings (SSSR count). The van der Waals surface area contributed by atoms with Gasteiger partial charge in [-0.15, -0.1) is 0 Å². The summed E-state index contributed by atoms with van der Waals surface area (Å²) in [6, 6.07) is 22.1. The van der Waals surface area contributed by atoms with Gasteiger partial charge < -0.3 is 34.7 Å². The number of ether oxygens (including phenoxy) is 3. The number of fused-ring (bicyclic) bond motifs is 1. The van der Waals surface area contributed by atoms with E-state index in [0.29, 0.717) is 38.3 Å². The minimum absolute atomic E-state index is 0.0454. The minimum atomic E-state index is -1.17. The van der Waals surface area contributed by atoms with Crippen molar-refractivity contribution in [2.24, 2.45) is 5.73 Å². The van der Waals surface area contributed by atoms with Crippen LogP contribution in [-0.4, -0.2) is 49.5 Å². The number of benzene rings is 3. The maximum atomic E-state index is 11.5. The molecule has 1 aliphatic heterocycles. The third-order valence-corrected chi connectivity index (χ3v) is 6.21. The maximum absolute atomic E-state index is 11.5. The van der Waals surface area contributed by atoms with Crippen molar-refractivity contribution in [1.82, 2.24) is 4.90 Å². The van der Waals surface area contributed by atoms with Crippen LogP contribution in [0.5, 0.6) is 5.75 Å². The van der Waals surface area contributed by atoms with Crippen LogP contribution in [-0.2, 0) is 16.1 Å². The summed E-state index contributed by atoms with van der Waals surface area (Å²) in [5, 5.41) is 13.8. The third-order valence-electron chi connectivity index (χ3n) is 6.21. The standard InChI is InChI=1S/C27H30N2O6/c28-26(30)34-15-3-14-33-23-10-8-21(9-11-23)24-12-13-29(27(31)32)17-25(24)35-18-19-6-7-20-4-1-2-5-22(20)16-19/h1-2,4-11,16,24-25H,3,12-15,17-18H2,(H2,28,30)(H,31,32)/p-1. The Morgan fingerprint density at radius 3 is 2.51 bits per heavy atom. The first-order chi connectivity index (χ1) is 17.0. The van der Waals surface area contributed by atoms with Crippen LogP contribution in [0.2, 0.25) is 0 Å². The fraction of sp³-hybridized carbons (Fsp3) is 0.333. The molecule has 0 spiro atoms. The Balaban J connectivity index is 1.39. The molecule has 0 bridgehead atoms. The minimum Gasteiger partial charge on any atom is -0.530 e. The van der Waals surface area contributed by atoms with E-state index in [9.17, 15) is 14.7 Å². The number of nitrogens with two attached hydrogens (primary N) is 1. The van der Waals surface area contributed by atoms with Crippen LogP contribution in [0.25, 0.3) is 10.8 Å². The first-order valence-corrected chi connectivity index (χ1v) is 11.7. The number of amides is 2. The highest BCUT2D eigenvalue weighted by Crippen LogP contribution is 2.32. The molecule has 2 N–H and O–H groups in total. The van der Waals surface area contributed by atoms with Gasteiger partial charge >= 0.3 is 6.09 Å². The van der Waals surface area contributed by atoms with Gasteiger partial charge in [0.15, 0.2) is 0 Å². The predicted molar refractivity (Wildman–Crippen MR) is 129 cm³/mol. The molecule has 3 aromatic carbocycles.